The van der Waals surface area contributed by atoms with Crippen molar-refractivity contribution in [2.75, 3.05) is 7.11 Å². The van der Waals surface area contributed by atoms with Gasteiger partial charge in [0.25, 0.3) is 0 Å². The van der Waals surface area contributed by atoms with Crippen LogP contribution in [0.3, 0.4) is 0 Å². The van der Waals surface area contributed by atoms with Crippen molar-refractivity contribution in [3.63, 3.8) is 0 Å². The van der Waals surface area contributed by atoms with E-state index in [4.69, 9.17) is 0 Å². The fraction of sp³-hybridized carbons (Fsp3) is 0.455. The van der Waals surface area contributed by atoms with Gasteiger partial charge in [0, 0.05) is 18.0 Å². The Morgan fingerprint density at radius 2 is 2.38 bits per heavy atom. The van der Waals surface area contributed by atoms with Crippen molar-refractivity contribution in [3.05, 3.63) is 24.0 Å². The summed E-state index contributed by atoms with van der Waals surface area (Å²) in [4.78, 5) is 22.5. The summed E-state index contributed by atoms with van der Waals surface area (Å²) in [5.74, 6) is -0.501. The van der Waals surface area contributed by atoms with Crippen LogP contribution in [0.15, 0.2) is 18.3 Å². The second-order valence-electron chi connectivity index (χ2n) is 3.82. The molecule has 1 saturated carbocycles. The van der Waals surface area contributed by atoms with Crippen LogP contribution in [0.4, 0.5) is 0 Å². The van der Waals surface area contributed by atoms with Crippen LogP contribution >= 0.6 is 0 Å². The monoisotopic (exact) mass is 220 g/mol. The van der Waals surface area contributed by atoms with E-state index in [9.17, 15) is 9.59 Å². The number of hydrogen-bond donors (Lipinski definition) is 0. The smallest absolute Gasteiger partial charge is 0.313 e. The van der Waals surface area contributed by atoms with E-state index in [-0.39, 0.29) is 24.0 Å². The predicted molar refractivity (Wildman–Crippen MR) is 54.5 cm³/mol. The van der Waals surface area contributed by atoms with Crippen LogP contribution in [0.5, 0.6) is 0 Å². The van der Waals surface area contributed by atoms with E-state index in [1.54, 1.807) is 12.3 Å². The van der Waals surface area contributed by atoms with Crippen LogP contribution < -0.4 is 0 Å². The number of ketones is 1. The zero-order valence-corrected chi connectivity index (χ0v) is 8.92. The van der Waals surface area contributed by atoms with Gasteiger partial charge in [0.1, 0.15) is 12.2 Å². The Kier molecular flexibility index (Phi) is 2.94. The molecule has 0 radical (unpaired) electrons. The molecule has 0 spiro atoms. The second kappa shape index (κ2) is 4.38. The summed E-state index contributed by atoms with van der Waals surface area (Å²) in [6.45, 7) is 0. The molecule has 1 aliphatic rings. The molecule has 2 atom stereocenters. The van der Waals surface area contributed by atoms with Gasteiger partial charge in [0.2, 0.25) is 0 Å². The van der Waals surface area contributed by atoms with Crippen LogP contribution in [-0.4, -0.2) is 29.1 Å². The fourth-order valence-corrected chi connectivity index (χ4v) is 1.73. The van der Waals surface area contributed by atoms with E-state index in [1.807, 2.05) is 6.07 Å². The van der Waals surface area contributed by atoms with E-state index >= 15 is 0 Å². The Hall–Kier alpha value is -1.78. The molecular weight excluding hydrogens is 208 g/mol. The minimum atomic E-state index is -0.477. The molecule has 0 bridgehead atoms. The number of nitrogens with zero attached hydrogens (tertiary/aromatic N) is 2. The van der Waals surface area contributed by atoms with Crippen LogP contribution in [0, 0.1) is 5.92 Å². The van der Waals surface area contributed by atoms with Gasteiger partial charge in [-0.2, -0.15) is 10.2 Å². The molecule has 0 aromatic carbocycles. The number of carbonyl (C=O) groups excluding carboxylic acids is 2. The van der Waals surface area contributed by atoms with Crippen LogP contribution in [0.1, 0.15) is 24.5 Å². The summed E-state index contributed by atoms with van der Waals surface area (Å²) >= 11 is 0. The number of Topliss-reactive ketones (excluding diaryl/α,β-unsaturated/α-hetero) is 1. The maximum absolute atomic E-state index is 11.6. The molecule has 1 heterocycles. The Balaban J connectivity index is 1.92. The van der Waals surface area contributed by atoms with E-state index in [0.717, 1.165) is 12.1 Å². The molecule has 84 valence electrons. The van der Waals surface area contributed by atoms with E-state index in [2.05, 4.69) is 14.9 Å². The second-order valence-corrected chi connectivity index (χ2v) is 3.82. The lowest BCUT2D eigenvalue weighted by molar-refractivity contribution is -0.143. The van der Waals surface area contributed by atoms with Crippen molar-refractivity contribution < 1.29 is 14.3 Å². The first-order chi connectivity index (χ1) is 7.72. The Morgan fingerprint density at radius 1 is 1.56 bits per heavy atom. The van der Waals surface area contributed by atoms with Crippen molar-refractivity contribution in [2.45, 2.75) is 18.8 Å². The Morgan fingerprint density at radius 3 is 3.00 bits per heavy atom. The van der Waals surface area contributed by atoms with E-state index < -0.39 is 5.97 Å². The highest BCUT2D eigenvalue weighted by molar-refractivity contribution is 5.98. The van der Waals surface area contributed by atoms with Gasteiger partial charge in [-0.3, -0.25) is 9.59 Å². The lowest BCUT2D eigenvalue weighted by atomic mass is 10.1. The number of carbonyl (C=O) groups is 2. The van der Waals surface area contributed by atoms with Gasteiger partial charge < -0.3 is 4.74 Å². The molecule has 2 rings (SSSR count). The fourth-order valence-electron chi connectivity index (χ4n) is 1.73. The molecule has 2 unspecified atom stereocenters. The Labute approximate surface area is 92.8 Å². The summed E-state index contributed by atoms with van der Waals surface area (Å²) in [5, 5.41) is 7.72. The standard InChI is InChI=1S/C11H12N2O3/c1-16-11(15)6-10(14)8-5-7(8)9-3-2-4-12-13-9/h2-4,7-8H,5-6H2,1H3. The lowest BCUT2D eigenvalue weighted by Crippen LogP contribution is -2.11. The molecule has 0 amide bonds. The summed E-state index contributed by atoms with van der Waals surface area (Å²) < 4.78 is 4.45. The third-order valence-electron chi connectivity index (χ3n) is 2.72. The maximum Gasteiger partial charge on any atom is 0.313 e. The minimum Gasteiger partial charge on any atom is -0.469 e. The molecular formula is C11H12N2O3. The highest BCUT2D eigenvalue weighted by Crippen LogP contribution is 2.47. The van der Waals surface area contributed by atoms with Gasteiger partial charge >= 0.3 is 5.97 Å². The molecule has 1 fully saturated rings. The molecule has 5 heteroatoms. The maximum atomic E-state index is 11.6. The SMILES string of the molecule is COC(=O)CC(=O)C1CC1c1cccnn1. The number of ether oxygens (including phenoxy) is 1. The molecule has 1 aromatic heterocycles. The average molecular weight is 220 g/mol. The van der Waals surface area contributed by atoms with Crippen LogP contribution in [0.25, 0.3) is 0 Å². The van der Waals surface area contributed by atoms with E-state index in [1.165, 1.54) is 7.11 Å². The number of rotatable bonds is 4. The minimum absolute atomic E-state index is 0.0671. The van der Waals surface area contributed by atoms with Crippen LogP contribution in [0.2, 0.25) is 0 Å². The largest absolute Gasteiger partial charge is 0.469 e. The van der Waals surface area contributed by atoms with Gasteiger partial charge in [0.05, 0.1) is 12.8 Å². The van der Waals surface area contributed by atoms with Gasteiger partial charge in [0.15, 0.2) is 0 Å². The molecule has 16 heavy (non-hydrogen) atoms. The number of hydrogen-bond acceptors (Lipinski definition) is 5. The van der Waals surface area contributed by atoms with Gasteiger partial charge in [-0.25, -0.2) is 0 Å². The first-order valence-corrected chi connectivity index (χ1v) is 5.09. The highest BCUT2D eigenvalue weighted by Gasteiger charge is 2.45. The summed E-state index contributed by atoms with van der Waals surface area (Å²) in [5.41, 5.74) is 0.825. The average Bonchev–Trinajstić information content (AvgIpc) is 3.10. The number of methoxy groups -OCH3 is 1. The number of aromatic nitrogens is 2. The van der Waals surface area contributed by atoms with Crippen molar-refractivity contribution in [1.82, 2.24) is 10.2 Å². The number of esters is 1. The first kappa shape index (κ1) is 10.7. The molecule has 1 aromatic rings. The van der Waals surface area contributed by atoms with Gasteiger partial charge in [-0.15, -0.1) is 0 Å². The quantitative estimate of drug-likeness (QED) is 0.552. The predicted octanol–water partition coefficient (Wildman–Crippen LogP) is 0.712. The van der Waals surface area contributed by atoms with E-state index in [0.29, 0.717) is 0 Å². The summed E-state index contributed by atoms with van der Waals surface area (Å²) in [6.07, 6.45) is 2.21. The molecule has 1 aliphatic carbocycles. The molecule has 0 aliphatic heterocycles. The van der Waals surface area contributed by atoms with Crippen molar-refractivity contribution in [2.24, 2.45) is 5.92 Å². The summed E-state index contributed by atoms with van der Waals surface area (Å²) in [6, 6.07) is 3.64. The van der Waals surface area contributed by atoms with Crippen LogP contribution in [-0.2, 0) is 14.3 Å². The normalized spacial score (nSPS) is 22.6. The topological polar surface area (TPSA) is 69.2 Å². The zero-order chi connectivity index (χ0) is 11.5. The Bertz CT molecular complexity index is 405. The van der Waals surface area contributed by atoms with Crippen molar-refractivity contribution in [1.29, 1.82) is 0 Å². The lowest BCUT2D eigenvalue weighted by Gasteiger charge is -1.98. The molecule has 0 N–H and O–H groups in total. The first-order valence-electron chi connectivity index (χ1n) is 5.09. The van der Waals surface area contributed by atoms with Crippen molar-refractivity contribution >= 4 is 11.8 Å². The van der Waals surface area contributed by atoms with Gasteiger partial charge in [-0.05, 0) is 18.6 Å². The molecule has 5 nitrogen and oxygen atoms in total. The summed E-state index contributed by atoms with van der Waals surface area (Å²) in [7, 11) is 1.28. The van der Waals surface area contributed by atoms with Gasteiger partial charge in [-0.1, -0.05) is 0 Å². The molecule has 0 saturated heterocycles. The zero-order valence-electron chi connectivity index (χ0n) is 8.92. The third-order valence-corrected chi connectivity index (χ3v) is 2.72. The highest BCUT2D eigenvalue weighted by atomic mass is 16.5. The van der Waals surface area contributed by atoms with Crippen molar-refractivity contribution in [3.8, 4) is 0 Å². The third kappa shape index (κ3) is 2.24.